The average Bonchev–Trinajstić information content (AvgIpc) is 2.36. The summed E-state index contributed by atoms with van der Waals surface area (Å²) in [4.78, 5) is 13.3. The molecule has 0 aromatic rings. The fraction of sp³-hybridized carbons (Fsp3) is 0.833. The highest BCUT2D eigenvalue weighted by atomic mass is 32.2. The predicted molar refractivity (Wildman–Crippen MR) is 40.8 cm³/mol. The summed E-state index contributed by atoms with van der Waals surface area (Å²) in [5.74, 6) is 2.24. The van der Waals surface area contributed by atoms with Crippen LogP contribution in [-0.2, 0) is 4.79 Å². The third-order valence-corrected chi connectivity index (χ3v) is 3.04. The van der Waals surface area contributed by atoms with Crippen LogP contribution in [0.4, 0.5) is 0 Å². The van der Waals surface area contributed by atoms with E-state index >= 15 is 0 Å². The summed E-state index contributed by atoms with van der Waals surface area (Å²) in [5, 5.41) is 2.86. The Hall–Kier alpha value is -0.220. The minimum atomic E-state index is 0.179. The number of hydrogen-bond acceptors (Lipinski definition) is 3. The minimum Gasteiger partial charge on any atom is -0.353 e. The molecule has 0 aromatic carbocycles. The third kappa shape index (κ3) is 0.914. The molecule has 2 aliphatic heterocycles. The largest absolute Gasteiger partial charge is 0.353 e. The van der Waals surface area contributed by atoms with Crippen LogP contribution in [0.3, 0.4) is 0 Å². The van der Waals surface area contributed by atoms with E-state index < -0.39 is 0 Å². The fourth-order valence-corrected chi connectivity index (χ4v) is 2.61. The van der Waals surface area contributed by atoms with Gasteiger partial charge in [-0.1, -0.05) is 0 Å². The zero-order valence-electron chi connectivity index (χ0n) is 5.67. The normalized spacial score (nSPS) is 33.6. The highest BCUT2D eigenvalue weighted by molar-refractivity contribution is 7.99. The number of thioether (sulfide) groups is 1. The summed E-state index contributed by atoms with van der Waals surface area (Å²) < 4.78 is 0. The Labute approximate surface area is 64.1 Å². The first kappa shape index (κ1) is 6.49. The maximum absolute atomic E-state index is 11.1. The second-order valence-electron chi connectivity index (χ2n) is 2.62. The molecule has 10 heavy (non-hydrogen) atoms. The fourth-order valence-electron chi connectivity index (χ4n) is 1.38. The van der Waals surface area contributed by atoms with Crippen LogP contribution in [-0.4, -0.2) is 41.6 Å². The number of hydrogen-bond donors (Lipinski definition) is 1. The van der Waals surface area contributed by atoms with Gasteiger partial charge in [-0.2, -0.15) is 0 Å². The van der Waals surface area contributed by atoms with Crippen molar-refractivity contribution in [3.63, 3.8) is 0 Å². The Morgan fingerprint density at radius 3 is 3.40 bits per heavy atom. The number of nitrogens with one attached hydrogen (secondary N) is 1. The van der Waals surface area contributed by atoms with Crippen molar-refractivity contribution in [3.05, 3.63) is 0 Å². The summed E-state index contributed by atoms with van der Waals surface area (Å²) >= 11 is 1.85. The van der Waals surface area contributed by atoms with Gasteiger partial charge in [0.05, 0.1) is 6.04 Å². The molecule has 2 saturated heterocycles. The quantitative estimate of drug-likeness (QED) is 0.515. The lowest BCUT2D eigenvalue weighted by Crippen LogP contribution is -2.53. The van der Waals surface area contributed by atoms with E-state index in [1.165, 1.54) is 0 Å². The SMILES string of the molecule is O=C1NCCN2CSCC12. The lowest BCUT2D eigenvalue weighted by atomic mass is 10.2. The van der Waals surface area contributed by atoms with Gasteiger partial charge in [0, 0.05) is 24.7 Å². The Kier molecular flexibility index (Phi) is 1.58. The number of carbonyl (C=O) groups is 1. The summed E-state index contributed by atoms with van der Waals surface area (Å²) in [6, 6.07) is 0.179. The maximum Gasteiger partial charge on any atom is 0.238 e. The predicted octanol–water partition coefficient (Wildman–Crippen LogP) is -0.509. The van der Waals surface area contributed by atoms with E-state index in [1.807, 2.05) is 11.8 Å². The van der Waals surface area contributed by atoms with Crippen molar-refractivity contribution in [1.82, 2.24) is 10.2 Å². The second kappa shape index (κ2) is 2.43. The van der Waals surface area contributed by atoms with Gasteiger partial charge in [0.25, 0.3) is 0 Å². The molecule has 2 aliphatic rings. The molecule has 0 radical (unpaired) electrons. The monoisotopic (exact) mass is 158 g/mol. The molecule has 2 rings (SSSR count). The molecule has 0 spiro atoms. The standard InChI is InChI=1S/C6H10N2OS/c9-6-5-3-10-4-8(5)2-1-7-6/h5H,1-4H2,(H,7,9). The molecule has 1 unspecified atom stereocenters. The van der Waals surface area contributed by atoms with Crippen LogP contribution in [0.1, 0.15) is 0 Å². The summed E-state index contributed by atoms with van der Waals surface area (Å²) in [5.41, 5.74) is 0. The van der Waals surface area contributed by atoms with E-state index in [4.69, 9.17) is 0 Å². The van der Waals surface area contributed by atoms with Gasteiger partial charge in [-0.3, -0.25) is 9.69 Å². The van der Waals surface area contributed by atoms with Gasteiger partial charge >= 0.3 is 0 Å². The summed E-state index contributed by atoms with van der Waals surface area (Å²) in [6.45, 7) is 1.86. The number of fused-ring (bicyclic) bond motifs is 1. The smallest absolute Gasteiger partial charge is 0.238 e. The van der Waals surface area contributed by atoms with Gasteiger partial charge in [-0.25, -0.2) is 0 Å². The minimum absolute atomic E-state index is 0.179. The highest BCUT2D eigenvalue weighted by Gasteiger charge is 2.33. The van der Waals surface area contributed by atoms with Crippen LogP contribution in [0.25, 0.3) is 0 Å². The van der Waals surface area contributed by atoms with E-state index in [0.29, 0.717) is 0 Å². The molecule has 56 valence electrons. The van der Waals surface area contributed by atoms with Crippen LogP contribution >= 0.6 is 11.8 Å². The molecule has 1 amide bonds. The van der Waals surface area contributed by atoms with Gasteiger partial charge in [-0.05, 0) is 0 Å². The molecule has 0 aromatic heterocycles. The lowest BCUT2D eigenvalue weighted by molar-refractivity contribution is -0.127. The van der Waals surface area contributed by atoms with Gasteiger partial charge in [0.15, 0.2) is 0 Å². The molecule has 4 heteroatoms. The number of nitrogens with zero attached hydrogens (tertiary/aromatic N) is 1. The van der Waals surface area contributed by atoms with Gasteiger partial charge in [0.2, 0.25) is 5.91 Å². The molecule has 3 nitrogen and oxygen atoms in total. The van der Waals surface area contributed by atoms with Crippen molar-refractivity contribution in [2.24, 2.45) is 0 Å². The first-order valence-electron chi connectivity index (χ1n) is 3.47. The zero-order chi connectivity index (χ0) is 6.97. The Balaban J connectivity index is 2.10. The van der Waals surface area contributed by atoms with Crippen molar-refractivity contribution in [2.75, 3.05) is 24.7 Å². The zero-order valence-corrected chi connectivity index (χ0v) is 6.49. The molecule has 2 heterocycles. The lowest BCUT2D eigenvalue weighted by Gasteiger charge is -2.27. The van der Waals surface area contributed by atoms with Crippen LogP contribution in [0.5, 0.6) is 0 Å². The Bertz CT molecular complexity index is 162. The number of rotatable bonds is 0. The van der Waals surface area contributed by atoms with Crippen molar-refractivity contribution in [2.45, 2.75) is 6.04 Å². The molecular formula is C6H10N2OS. The van der Waals surface area contributed by atoms with Crippen molar-refractivity contribution in [1.29, 1.82) is 0 Å². The van der Waals surface area contributed by atoms with Gasteiger partial charge < -0.3 is 5.32 Å². The van der Waals surface area contributed by atoms with E-state index in [-0.39, 0.29) is 11.9 Å². The third-order valence-electron chi connectivity index (χ3n) is 1.97. The second-order valence-corrected chi connectivity index (χ2v) is 3.62. The van der Waals surface area contributed by atoms with Crippen molar-refractivity contribution >= 4 is 17.7 Å². The average molecular weight is 158 g/mol. The first-order chi connectivity index (χ1) is 4.88. The van der Waals surface area contributed by atoms with E-state index in [9.17, 15) is 4.79 Å². The van der Waals surface area contributed by atoms with Gasteiger partial charge in [-0.15, -0.1) is 11.8 Å². The molecule has 0 bridgehead atoms. The van der Waals surface area contributed by atoms with E-state index in [0.717, 1.165) is 24.7 Å². The molecular weight excluding hydrogens is 148 g/mol. The van der Waals surface area contributed by atoms with Crippen LogP contribution in [0.2, 0.25) is 0 Å². The van der Waals surface area contributed by atoms with Gasteiger partial charge in [0.1, 0.15) is 0 Å². The topological polar surface area (TPSA) is 32.3 Å². The molecule has 1 N–H and O–H groups in total. The van der Waals surface area contributed by atoms with Crippen LogP contribution in [0, 0.1) is 0 Å². The van der Waals surface area contributed by atoms with Crippen LogP contribution < -0.4 is 5.32 Å². The number of piperazine rings is 1. The summed E-state index contributed by atoms with van der Waals surface area (Å²) in [7, 11) is 0. The maximum atomic E-state index is 11.1. The first-order valence-corrected chi connectivity index (χ1v) is 4.63. The molecule has 1 atom stereocenters. The van der Waals surface area contributed by atoms with Crippen LogP contribution in [0.15, 0.2) is 0 Å². The van der Waals surface area contributed by atoms with E-state index in [1.54, 1.807) is 0 Å². The molecule has 0 aliphatic carbocycles. The Morgan fingerprint density at radius 2 is 2.60 bits per heavy atom. The van der Waals surface area contributed by atoms with Crippen molar-refractivity contribution < 1.29 is 4.79 Å². The number of amides is 1. The molecule has 0 saturated carbocycles. The van der Waals surface area contributed by atoms with E-state index in [2.05, 4.69) is 10.2 Å². The van der Waals surface area contributed by atoms with Crippen molar-refractivity contribution in [3.8, 4) is 0 Å². The number of carbonyl (C=O) groups excluding carboxylic acids is 1. The summed E-state index contributed by atoms with van der Waals surface area (Å²) in [6.07, 6.45) is 0. The molecule has 2 fully saturated rings. The highest BCUT2D eigenvalue weighted by Crippen LogP contribution is 2.21. The Morgan fingerprint density at radius 1 is 1.70 bits per heavy atom.